The van der Waals surface area contributed by atoms with Gasteiger partial charge in [0.2, 0.25) is 0 Å². The first kappa shape index (κ1) is 11.4. The van der Waals surface area contributed by atoms with Crippen molar-refractivity contribution in [2.75, 3.05) is 6.61 Å². The summed E-state index contributed by atoms with van der Waals surface area (Å²) in [4.78, 5) is 11.1. The normalized spacial score (nSPS) is 13.6. The molecule has 0 aliphatic heterocycles. The van der Waals surface area contributed by atoms with Crippen molar-refractivity contribution in [3.05, 3.63) is 0 Å². The van der Waals surface area contributed by atoms with E-state index in [1.54, 1.807) is 0 Å². The monoisotopic (exact) mass is 173 g/mol. The molecular formula is C9H19NO2. The lowest BCUT2D eigenvalue weighted by atomic mass is 10.1. The van der Waals surface area contributed by atoms with Crippen molar-refractivity contribution in [2.24, 2.45) is 17.6 Å². The van der Waals surface area contributed by atoms with E-state index in [9.17, 15) is 4.79 Å². The molecule has 0 amide bonds. The molecule has 0 spiro atoms. The molecule has 0 fully saturated rings. The summed E-state index contributed by atoms with van der Waals surface area (Å²) in [6.07, 6.45) is 0. The first-order valence-electron chi connectivity index (χ1n) is 4.37. The zero-order valence-electron chi connectivity index (χ0n) is 8.33. The predicted octanol–water partition coefficient (Wildman–Crippen LogP) is 1.17. The van der Waals surface area contributed by atoms with Crippen LogP contribution in [0.25, 0.3) is 0 Å². The molecule has 0 bridgehead atoms. The minimum absolute atomic E-state index is 0.143. The molecule has 0 rings (SSSR count). The van der Waals surface area contributed by atoms with Gasteiger partial charge in [-0.05, 0) is 11.8 Å². The predicted molar refractivity (Wildman–Crippen MR) is 48.6 cm³/mol. The number of hydrogen-bond acceptors (Lipinski definition) is 3. The third kappa shape index (κ3) is 4.34. The van der Waals surface area contributed by atoms with Crippen molar-refractivity contribution in [1.29, 1.82) is 0 Å². The van der Waals surface area contributed by atoms with E-state index >= 15 is 0 Å². The van der Waals surface area contributed by atoms with Crippen LogP contribution in [0, 0.1) is 11.8 Å². The Morgan fingerprint density at radius 3 is 2.17 bits per heavy atom. The molecule has 0 aromatic heterocycles. The summed E-state index contributed by atoms with van der Waals surface area (Å²) in [5.74, 6) is 0.219. The fraction of sp³-hybridized carbons (Fsp3) is 0.889. The van der Waals surface area contributed by atoms with Gasteiger partial charge < -0.3 is 10.5 Å². The SMILES string of the molecule is CC(C)COC(=O)C(N)C(C)C. The second kappa shape index (κ2) is 5.14. The summed E-state index contributed by atoms with van der Waals surface area (Å²) in [5, 5.41) is 0. The number of carbonyl (C=O) groups is 1. The van der Waals surface area contributed by atoms with Gasteiger partial charge in [0.25, 0.3) is 0 Å². The Kier molecular flexibility index (Phi) is 4.90. The molecule has 0 saturated heterocycles. The Morgan fingerprint density at radius 2 is 1.83 bits per heavy atom. The van der Waals surface area contributed by atoms with Crippen LogP contribution in [0.5, 0.6) is 0 Å². The molecule has 3 heteroatoms. The van der Waals surface area contributed by atoms with Gasteiger partial charge in [0.1, 0.15) is 6.04 Å². The summed E-state index contributed by atoms with van der Waals surface area (Å²) in [6.45, 7) is 8.25. The topological polar surface area (TPSA) is 52.3 Å². The number of carbonyl (C=O) groups excluding carboxylic acids is 1. The highest BCUT2D eigenvalue weighted by molar-refractivity contribution is 5.75. The molecule has 1 atom stereocenters. The Hall–Kier alpha value is -0.570. The lowest BCUT2D eigenvalue weighted by Crippen LogP contribution is -2.37. The number of nitrogens with two attached hydrogens (primary N) is 1. The van der Waals surface area contributed by atoms with Crippen LogP contribution in [0.2, 0.25) is 0 Å². The molecule has 0 aliphatic rings. The zero-order chi connectivity index (χ0) is 9.72. The smallest absolute Gasteiger partial charge is 0.323 e. The van der Waals surface area contributed by atoms with E-state index in [-0.39, 0.29) is 11.9 Å². The third-order valence-corrected chi connectivity index (χ3v) is 1.55. The first-order chi connectivity index (χ1) is 5.45. The highest BCUT2D eigenvalue weighted by Gasteiger charge is 2.18. The van der Waals surface area contributed by atoms with Gasteiger partial charge >= 0.3 is 5.97 Å². The van der Waals surface area contributed by atoms with Gasteiger partial charge in [-0.2, -0.15) is 0 Å². The fourth-order valence-electron chi connectivity index (χ4n) is 0.617. The maximum atomic E-state index is 11.1. The number of esters is 1. The van der Waals surface area contributed by atoms with E-state index in [2.05, 4.69) is 0 Å². The van der Waals surface area contributed by atoms with Crippen LogP contribution in [0.3, 0.4) is 0 Å². The van der Waals surface area contributed by atoms with Gasteiger partial charge in [0.15, 0.2) is 0 Å². The standard InChI is InChI=1S/C9H19NO2/c1-6(2)5-12-9(11)8(10)7(3)4/h6-8H,5,10H2,1-4H3. The average Bonchev–Trinajstić information content (AvgIpc) is 1.98. The summed E-state index contributed by atoms with van der Waals surface area (Å²) in [6, 6.07) is -0.483. The summed E-state index contributed by atoms with van der Waals surface area (Å²) < 4.78 is 4.96. The van der Waals surface area contributed by atoms with Crippen LogP contribution in [-0.2, 0) is 9.53 Å². The molecule has 2 N–H and O–H groups in total. The van der Waals surface area contributed by atoms with Gasteiger partial charge in [-0.25, -0.2) is 0 Å². The molecule has 0 aliphatic carbocycles. The van der Waals surface area contributed by atoms with Crippen LogP contribution in [-0.4, -0.2) is 18.6 Å². The first-order valence-corrected chi connectivity index (χ1v) is 4.37. The second-order valence-electron chi connectivity index (χ2n) is 3.79. The minimum atomic E-state index is -0.483. The Morgan fingerprint density at radius 1 is 1.33 bits per heavy atom. The van der Waals surface area contributed by atoms with Crippen molar-refractivity contribution in [3.63, 3.8) is 0 Å². The summed E-state index contributed by atoms with van der Waals surface area (Å²) in [5.41, 5.74) is 5.57. The number of ether oxygens (including phenoxy) is 1. The van der Waals surface area contributed by atoms with Gasteiger partial charge in [-0.3, -0.25) is 4.79 Å². The molecule has 0 radical (unpaired) electrons. The van der Waals surface area contributed by atoms with Crippen LogP contribution in [0.15, 0.2) is 0 Å². The highest BCUT2D eigenvalue weighted by Crippen LogP contribution is 2.02. The van der Waals surface area contributed by atoms with E-state index in [4.69, 9.17) is 10.5 Å². The third-order valence-electron chi connectivity index (χ3n) is 1.55. The molecule has 3 nitrogen and oxygen atoms in total. The lowest BCUT2D eigenvalue weighted by molar-refractivity contribution is -0.147. The van der Waals surface area contributed by atoms with Crippen LogP contribution in [0.4, 0.5) is 0 Å². The van der Waals surface area contributed by atoms with Crippen LogP contribution < -0.4 is 5.73 Å². The molecule has 1 unspecified atom stereocenters. The highest BCUT2D eigenvalue weighted by atomic mass is 16.5. The summed E-state index contributed by atoms with van der Waals surface area (Å²) in [7, 11) is 0. The fourth-order valence-corrected chi connectivity index (χ4v) is 0.617. The minimum Gasteiger partial charge on any atom is -0.464 e. The van der Waals surface area contributed by atoms with Gasteiger partial charge in [-0.1, -0.05) is 27.7 Å². The van der Waals surface area contributed by atoms with Crippen LogP contribution in [0.1, 0.15) is 27.7 Å². The zero-order valence-corrected chi connectivity index (χ0v) is 8.33. The number of rotatable bonds is 4. The van der Waals surface area contributed by atoms with E-state index < -0.39 is 6.04 Å². The van der Waals surface area contributed by atoms with Crippen molar-refractivity contribution in [2.45, 2.75) is 33.7 Å². The number of hydrogen-bond donors (Lipinski definition) is 1. The van der Waals surface area contributed by atoms with Gasteiger partial charge in [0.05, 0.1) is 6.61 Å². The van der Waals surface area contributed by atoms with Crippen molar-refractivity contribution >= 4 is 5.97 Å². The Bertz CT molecular complexity index is 143. The molecule has 0 aromatic rings. The molecular weight excluding hydrogens is 154 g/mol. The molecule has 0 saturated carbocycles. The average molecular weight is 173 g/mol. The van der Waals surface area contributed by atoms with E-state index in [0.717, 1.165) is 0 Å². The van der Waals surface area contributed by atoms with Crippen molar-refractivity contribution in [1.82, 2.24) is 0 Å². The van der Waals surface area contributed by atoms with E-state index in [1.807, 2.05) is 27.7 Å². The largest absolute Gasteiger partial charge is 0.464 e. The molecule has 12 heavy (non-hydrogen) atoms. The quantitative estimate of drug-likeness (QED) is 0.649. The molecule has 0 aromatic carbocycles. The Balaban J connectivity index is 3.72. The maximum Gasteiger partial charge on any atom is 0.323 e. The van der Waals surface area contributed by atoms with E-state index in [1.165, 1.54) is 0 Å². The van der Waals surface area contributed by atoms with Crippen molar-refractivity contribution < 1.29 is 9.53 Å². The molecule has 72 valence electrons. The summed E-state index contributed by atoms with van der Waals surface area (Å²) >= 11 is 0. The van der Waals surface area contributed by atoms with Crippen molar-refractivity contribution in [3.8, 4) is 0 Å². The van der Waals surface area contributed by atoms with Crippen LogP contribution >= 0.6 is 0 Å². The second-order valence-corrected chi connectivity index (χ2v) is 3.79. The van der Waals surface area contributed by atoms with Gasteiger partial charge in [0, 0.05) is 0 Å². The van der Waals surface area contributed by atoms with E-state index in [0.29, 0.717) is 12.5 Å². The van der Waals surface area contributed by atoms with Gasteiger partial charge in [-0.15, -0.1) is 0 Å². The lowest BCUT2D eigenvalue weighted by Gasteiger charge is -2.15. The maximum absolute atomic E-state index is 11.1. The molecule has 0 heterocycles. The Labute approximate surface area is 74.3 Å².